The van der Waals surface area contributed by atoms with Gasteiger partial charge in [-0.3, -0.25) is 4.79 Å². The van der Waals surface area contributed by atoms with E-state index < -0.39 is 5.97 Å². The van der Waals surface area contributed by atoms with Crippen LogP contribution in [0.15, 0.2) is 48.7 Å². The number of carbonyl (C=O) groups is 2. The van der Waals surface area contributed by atoms with Crippen LogP contribution in [0.1, 0.15) is 83.0 Å². The highest BCUT2D eigenvalue weighted by atomic mass is 16.4. The smallest absolute Gasteiger partial charge is 0.335 e. The van der Waals surface area contributed by atoms with E-state index in [4.69, 9.17) is 0 Å². The lowest BCUT2D eigenvalue weighted by molar-refractivity contribution is 0.0696. The fourth-order valence-corrected chi connectivity index (χ4v) is 4.74. The summed E-state index contributed by atoms with van der Waals surface area (Å²) in [5.74, 6) is -0.998. The van der Waals surface area contributed by atoms with E-state index >= 15 is 0 Å². The normalized spacial score (nSPS) is 14.3. The van der Waals surface area contributed by atoms with Crippen LogP contribution in [0.3, 0.4) is 0 Å². The lowest BCUT2D eigenvalue weighted by Crippen LogP contribution is -2.26. The lowest BCUT2D eigenvalue weighted by atomic mass is 10.0. The second kappa shape index (κ2) is 10.1. The maximum absolute atomic E-state index is 13.3. The maximum atomic E-state index is 13.3. The molecule has 5 heteroatoms. The fraction of sp³-hybridized carbons (Fsp3) is 0.407. The Morgan fingerprint density at radius 3 is 2.47 bits per heavy atom. The molecule has 32 heavy (non-hydrogen) atoms. The number of unbranched alkanes of at least 4 members (excludes halogenated alkanes) is 1. The van der Waals surface area contributed by atoms with E-state index in [1.54, 1.807) is 16.7 Å². The van der Waals surface area contributed by atoms with Crippen molar-refractivity contribution in [3.8, 4) is 0 Å². The molecule has 0 bridgehead atoms. The van der Waals surface area contributed by atoms with Gasteiger partial charge in [-0.2, -0.15) is 0 Å². The van der Waals surface area contributed by atoms with Crippen LogP contribution < -0.4 is 5.32 Å². The minimum Gasteiger partial charge on any atom is -0.478 e. The molecule has 168 valence electrons. The van der Waals surface area contributed by atoms with Crippen molar-refractivity contribution in [3.63, 3.8) is 0 Å². The molecule has 1 aliphatic carbocycles. The van der Waals surface area contributed by atoms with Crippen molar-refractivity contribution >= 4 is 17.3 Å². The molecule has 0 spiro atoms. The molecule has 1 fully saturated rings. The van der Waals surface area contributed by atoms with Gasteiger partial charge >= 0.3 is 5.97 Å². The van der Waals surface area contributed by atoms with Crippen LogP contribution in [0.25, 0.3) is 5.52 Å². The molecule has 2 N–H and O–H groups in total. The summed E-state index contributed by atoms with van der Waals surface area (Å²) >= 11 is 0. The molecule has 0 saturated heterocycles. The average Bonchev–Trinajstić information content (AvgIpc) is 3.45. The lowest BCUT2D eigenvalue weighted by Gasteiger charge is -2.11. The number of hydrogen-bond donors (Lipinski definition) is 2. The molecule has 2 aromatic heterocycles. The van der Waals surface area contributed by atoms with Crippen molar-refractivity contribution in [2.24, 2.45) is 0 Å². The van der Waals surface area contributed by atoms with E-state index in [1.165, 1.54) is 43.7 Å². The molecule has 1 saturated carbocycles. The predicted octanol–water partition coefficient (Wildman–Crippen LogP) is 5.29. The topological polar surface area (TPSA) is 70.8 Å². The summed E-state index contributed by atoms with van der Waals surface area (Å²) in [6, 6.07) is 13.7. The number of aromatic nitrogens is 1. The standard InChI is InChI=1S/C27H32N2O3/c1-2-20-17-24-18-22(27(31)32)14-16-29(24)25(20)26(30)21-12-10-19(11-13-21)7-5-6-15-28-23-8-3-4-9-23/h10-14,16-18,23,28H,2-9,15H2,1H3,(H,31,32). The number of benzene rings is 1. The number of carbonyl (C=O) groups excluding carboxylic acids is 1. The third-order valence-corrected chi connectivity index (χ3v) is 6.59. The number of aryl methyl sites for hydroxylation is 2. The highest BCUT2D eigenvalue weighted by molar-refractivity contribution is 6.09. The Kier molecular flexibility index (Phi) is 7.05. The van der Waals surface area contributed by atoms with Gasteiger partial charge in [-0.1, -0.05) is 44.0 Å². The van der Waals surface area contributed by atoms with Gasteiger partial charge in [0.25, 0.3) is 0 Å². The zero-order valence-corrected chi connectivity index (χ0v) is 18.8. The highest BCUT2D eigenvalue weighted by Crippen LogP contribution is 2.23. The molecular formula is C27H32N2O3. The van der Waals surface area contributed by atoms with E-state index in [9.17, 15) is 14.7 Å². The summed E-state index contributed by atoms with van der Waals surface area (Å²) in [7, 11) is 0. The Morgan fingerprint density at radius 2 is 1.78 bits per heavy atom. The van der Waals surface area contributed by atoms with Crippen LogP contribution in [0.5, 0.6) is 0 Å². The first-order chi connectivity index (χ1) is 15.6. The predicted molar refractivity (Wildman–Crippen MR) is 127 cm³/mol. The van der Waals surface area contributed by atoms with E-state index in [0.717, 1.165) is 36.5 Å². The number of ketones is 1. The van der Waals surface area contributed by atoms with Crippen molar-refractivity contribution < 1.29 is 14.7 Å². The van der Waals surface area contributed by atoms with E-state index in [-0.39, 0.29) is 11.3 Å². The van der Waals surface area contributed by atoms with Gasteiger partial charge < -0.3 is 14.8 Å². The minimum absolute atomic E-state index is 0.0303. The Balaban J connectivity index is 1.41. The second-order valence-corrected chi connectivity index (χ2v) is 8.81. The maximum Gasteiger partial charge on any atom is 0.335 e. The van der Waals surface area contributed by atoms with Gasteiger partial charge in [-0.05, 0) is 74.4 Å². The number of carboxylic acids is 1. The van der Waals surface area contributed by atoms with Gasteiger partial charge in [0.05, 0.1) is 11.3 Å². The highest BCUT2D eigenvalue weighted by Gasteiger charge is 2.19. The molecule has 1 aromatic carbocycles. The summed E-state index contributed by atoms with van der Waals surface area (Å²) in [5.41, 5.74) is 4.41. The number of nitrogens with one attached hydrogen (secondary N) is 1. The van der Waals surface area contributed by atoms with Crippen molar-refractivity contribution in [2.45, 2.75) is 64.3 Å². The number of fused-ring (bicyclic) bond motifs is 1. The number of nitrogens with zero attached hydrogens (tertiary/aromatic N) is 1. The Hall–Kier alpha value is -2.92. The fourth-order valence-electron chi connectivity index (χ4n) is 4.74. The van der Waals surface area contributed by atoms with E-state index in [0.29, 0.717) is 17.7 Å². The number of rotatable bonds is 10. The summed E-state index contributed by atoms with van der Waals surface area (Å²) in [4.78, 5) is 24.6. The van der Waals surface area contributed by atoms with Gasteiger partial charge in [-0.25, -0.2) is 4.79 Å². The monoisotopic (exact) mass is 432 g/mol. The minimum atomic E-state index is -0.968. The van der Waals surface area contributed by atoms with Crippen LogP contribution in [-0.2, 0) is 12.8 Å². The Bertz CT molecular complexity index is 1090. The second-order valence-electron chi connectivity index (χ2n) is 8.81. The molecule has 0 radical (unpaired) electrons. The van der Waals surface area contributed by atoms with Crippen LogP contribution in [0.4, 0.5) is 0 Å². The first kappa shape index (κ1) is 22.3. The van der Waals surface area contributed by atoms with Crippen molar-refractivity contribution in [2.75, 3.05) is 6.54 Å². The third-order valence-electron chi connectivity index (χ3n) is 6.59. The van der Waals surface area contributed by atoms with Crippen molar-refractivity contribution in [1.82, 2.24) is 9.72 Å². The van der Waals surface area contributed by atoms with E-state index in [2.05, 4.69) is 17.4 Å². The van der Waals surface area contributed by atoms with Gasteiger partial charge in [-0.15, -0.1) is 0 Å². The first-order valence-corrected chi connectivity index (χ1v) is 11.8. The number of pyridine rings is 1. The SMILES string of the molecule is CCc1cc2cc(C(=O)O)ccn2c1C(=O)c1ccc(CCCCNC2CCCC2)cc1. The van der Waals surface area contributed by atoms with Gasteiger partial charge in [0, 0.05) is 23.3 Å². The molecular weight excluding hydrogens is 400 g/mol. The summed E-state index contributed by atoms with van der Waals surface area (Å²) in [5, 5.41) is 12.9. The largest absolute Gasteiger partial charge is 0.478 e. The van der Waals surface area contributed by atoms with Crippen LogP contribution in [-0.4, -0.2) is 33.8 Å². The Labute approximate surface area is 189 Å². The van der Waals surface area contributed by atoms with Crippen LogP contribution in [0, 0.1) is 0 Å². The number of hydrogen-bond acceptors (Lipinski definition) is 3. The van der Waals surface area contributed by atoms with Crippen LogP contribution in [0.2, 0.25) is 0 Å². The summed E-state index contributed by atoms with van der Waals surface area (Å²) in [6.07, 6.45) is 11.1. The van der Waals surface area contributed by atoms with Crippen LogP contribution >= 0.6 is 0 Å². The molecule has 0 aliphatic heterocycles. The molecule has 1 aliphatic rings. The first-order valence-electron chi connectivity index (χ1n) is 11.8. The molecule has 0 atom stereocenters. The van der Waals surface area contributed by atoms with Gasteiger partial charge in [0.15, 0.2) is 0 Å². The molecule has 4 rings (SSSR count). The summed E-state index contributed by atoms with van der Waals surface area (Å²) in [6.45, 7) is 3.10. The van der Waals surface area contributed by atoms with E-state index in [1.807, 2.05) is 25.1 Å². The molecule has 2 heterocycles. The number of aromatic carboxylic acids is 1. The summed E-state index contributed by atoms with van der Waals surface area (Å²) < 4.78 is 1.80. The average molecular weight is 433 g/mol. The molecule has 0 unspecified atom stereocenters. The number of carboxylic acid groups (broad SMARTS) is 1. The van der Waals surface area contributed by atoms with Crippen molar-refractivity contribution in [1.29, 1.82) is 0 Å². The molecule has 3 aromatic rings. The third kappa shape index (κ3) is 4.94. The molecule has 5 nitrogen and oxygen atoms in total. The molecule has 0 amide bonds. The Morgan fingerprint density at radius 1 is 1.03 bits per heavy atom. The van der Waals surface area contributed by atoms with Gasteiger partial charge in [0.1, 0.15) is 0 Å². The van der Waals surface area contributed by atoms with Crippen molar-refractivity contribution in [3.05, 3.63) is 76.6 Å². The van der Waals surface area contributed by atoms with Gasteiger partial charge in [0.2, 0.25) is 5.78 Å². The zero-order valence-electron chi connectivity index (χ0n) is 18.8. The zero-order chi connectivity index (χ0) is 22.5. The quantitative estimate of drug-likeness (QED) is 0.337.